The molecular weight excluding hydrogens is 317 g/mol. The second-order valence-corrected chi connectivity index (χ2v) is 6.31. The van der Waals surface area contributed by atoms with Gasteiger partial charge in [-0.3, -0.25) is 4.79 Å². The lowest BCUT2D eigenvalue weighted by Crippen LogP contribution is -2.29. The molecule has 0 saturated heterocycles. The third-order valence-electron chi connectivity index (χ3n) is 3.62. The van der Waals surface area contributed by atoms with Crippen LogP contribution >= 0.6 is 0 Å². The smallest absolute Gasteiger partial charge is 0.371 e. The summed E-state index contributed by atoms with van der Waals surface area (Å²) in [4.78, 5) is 13.1. The number of allylic oxidation sites excluding steroid dienone is 2. The van der Waals surface area contributed by atoms with Crippen LogP contribution < -0.4 is 5.56 Å². The van der Waals surface area contributed by atoms with E-state index in [1.165, 1.54) is 12.3 Å². The van der Waals surface area contributed by atoms with Gasteiger partial charge in [-0.2, -0.15) is 13.2 Å². The highest BCUT2D eigenvalue weighted by molar-refractivity contribution is 5.27. The van der Waals surface area contributed by atoms with E-state index in [1.807, 2.05) is 51.8 Å². The second-order valence-electron chi connectivity index (χ2n) is 6.31. The quantitative estimate of drug-likeness (QED) is 0.793. The van der Waals surface area contributed by atoms with E-state index in [2.05, 4.69) is 0 Å². The Balaban J connectivity index is 0.000000243. The number of alkyl halides is 3. The first-order valence-corrected chi connectivity index (χ1v) is 7.92. The molecule has 6 heteroatoms. The lowest BCUT2D eigenvalue weighted by Gasteiger charge is -2.26. The first-order valence-electron chi connectivity index (χ1n) is 7.92. The van der Waals surface area contributed by atoms with E-state index in [9.17, 15) is 18.0 Å². The van der Waals surface area contributed by atoms with Crippen LogP contribution in [0.2, 0.25) is 0 Å². The Bertz CT molecular complexity index is 655. The number of aromatic nitrogens is 1. The van der Waals surface area contributed by atoms with Gasteiger partial charge in [0, 0.05) is 37.1 Å². The van der Waals surface area contributed by atoms with Crippen LogP contribution in [0, 0.1) is 6.92 Å². The molecule has 0 amide bonds. The fourth-order valence-corrected chi connectivity index (χ4v) is 2.12. The average Bonchev–Trinajstić information content (AvgIpc) is 2.46. The first kappa shape index (κ1) is 20.1. The van der Waals surface area contributed by atoms with Crippen molar-refractivity contribution in [1.82, 2.24) is 9.47 Å². The molecule has 0 aliphatic carbocycles. The van der Waals surface area contributed by atoms with Gasteiger partial charge in [-0.15, -0.1) is 0 Å². The fraction of sp³-hybridized carbons (Fsp3) is 0.500. The standard InChI is InChI=1S/C9H12F3N.C9H13NO/c1-7(2)13-5-3-8(4-6-13)9(10,11)12;1-7(2)10-5-4-8(3)6-9(10)11/h3-5,7H,6H2,1-2H3;4-7H,1-3H3. The SMILES string of the molecule is CC(C)N1C=CC(C(F)(F)F)=CC1.Cc1ccn(C(C)C)c(=O)c1. The van der Waals surface area contributed by atoms with Crippen molar-refractivity contribution in [2.75, 3.05) is 6.54 Å². The maximum Gasteiger partial charge on any atom is 0.416 e. The Labute approximate surface area is 141 Å². The summed E-state index contributed by atoms with van der Waals surface area (Å²) >= 11 is 0. The maximum absolute atomic E-state index is 12.1. The molecule has 0 spiro atoms. The second kappa shape index (κ2) is 8.22. The van der Waals surface area contributed by atoms with Crippen LogP contribution in [0.5, 0.6) is 0 Å². The van der Waals surface area contributed by atoms with Gasteiger partial charge >= 0.3 is 6.18 Å². The van der Waals surface area contributed by atoms with Crippen molar-refractivity contribution in [2.45, 2.75) is 52.9 Å². The maximum atomic E-state index is 12.1. The minimum absolute atomic E-state index is 0.0833. The van der Waals surface area contributed by atoms with Crippen molar-refractivity contribution in [2.24, 2.45) is 0 Å². The molecule has 2 heterocycles. The van der Waals surface area contributed by atoms with Crippen LogP contribution in [0.3, 0.4) is 0 Å². The lowest BCUT2D eigenvalue weighted by atomic mass is 10.1. The zero-order valence-corrected chi connectivity index (χ0v) is 14.8. The van der Waals surface area contributed by atoms with Crippen LogP contribution in [0.25, 0.3) is 0 Å². The molecule has 1 aromatic heterocycles. The van der Waals surface area contributed by atoms with Gasteiger partial charge in [-0.05, 0) is 52.3 Å². The van der Waals surface area contributed by atoms with E-state index in [0.717, 1.165) is 11.6 Å². The highest BCUT2D eigenvalue weighted by atomic mass is 19.4. The van der Waals surface area contributed by atoms with Gasteiger partial charge in [0.25, 0.3) is 5.56 Å². The minimum Gasteiger partial charge on any atom is -0.371 e. The van der Waals surface area contributed by atoms with E-state index >= 15 is 0 Å². The number of rotatable bonds is 2. The molecule has 0 aromatic carbocycles. The van der Waals surface area contributed by atoms with Gasteiger partial charge in [0.2, 0.25) is 0 Å². The van der Waals surface area contributed by atoms with Crippen molar-refractivity contribution in [3.05, 3.63) is 58.2 Å². The van der Waals surface area contributed by atoms with E-state index in [4.69, 9.17) is 0 Å². The molecule has 1 aliphatic rings. The van der Waals surface area contributed by atoms with Gasteiger partial charge in [0.05, 0.1) is 5.57 Å². The van der Waals surface area contributed by atoms with E-state index in [1.54, 1.807) is 10.6 Å². The van der Waals surface area contributed by atoms with Gasteiger partial charge in [-0.1, -0.05) is 6.08 Å². The third-order valence-corrected chi connectivity index (χ3v) is 3.62. The van der Waals surface area contributed by atoms with Crippen LogP contribution in [-0.2, 0) is 0 Å². The number of hydrogen-bond donors (Lipinski definition) is 0. The zero-order chi connectivity index (χ0) is 18.5. The summed E-state index contributed by atoms with van der Waals surface area (Å²) in [6.45, 7) is 10.1. The van der Waals surface area contributed by atoms with Crippen LogP contribution in [-0.4, -0.2) is 28.2 Å². The van der Waals surface area contributed by atoms with Gasteiger partial charge in [-0.25, -0.2) is 0 Å². The molecule has 2 rings (SSSR count). The first-order chi connectivity index (χ1) is 11.0. The van der Waals surface area contributed by atoms with Crippen molar-refractivity contribution in [3.8, 4) is 0 Å². The summed E-state index contributed by atoms with van der Waals surface area (Å²) in [5.74, 6) is 0. The fourth-order valence-electron chi connectivity index (χ4n) is 2.12. The summed E-state index contributed by atoms with van der Waals surface area (Å²) in [6.07, 6.45) is 1.44. The predicted octanol–water partition coefficient (Wildman–Crippen LogP) is 4.45. The topological polar surface area (TPSA) is 25.2 Å². The van der Waals surface area contributed by atoms with Crippen molar-refractivity contribution in [3.63, 3.8) is 0 Å². The Kier molecular flexibility index (Phi) is 6.87. The molecule has 1 aromatic rings. The molecule has 0 unspecified atom stereocenters. The monoisotopic (exact) mass is 342 g/mol. The number of aryl methyl sites for hydroxylation is 1. The predicted molar refractivity (Wildman–Crippen MR) is 90.9 cm³/mol. The molecule has 0 atom stereocenters. The highest BCUT2D eigenvalue weighted by Gasteiger charge is 2.32. The normalized spacial score (nSPS) is 14.6. The third kappa shape index (κ3) is 5.91. The summed E-state index contributed by atoms with van der Waals surface area (Å²) in [7, 11) is 0. The molecule has 0 saturated carbocycles. The van der Waals surface area contributed by atoms with Gasteiger partial charge in [0.15, 0.2) is 0 Å². The highest BCUT2D eigenvalue weighted by Crippen LogP contribution is 2.28. The molecule has 24 heavy (non-hydrogen) atoms. The van der Waals surface area contributed by atoms with Crippen molar-refractivity contribution < 1.29 is 13.2 Å². The van der Waals surface area contributed by atoms with Gasteiger partial charge < -0.3 is 9.47 Å². The van der Waals surface area contributed by atoms with Crippen molar-refractivity contribution >= 4 is 0 Å². The largest absolute Gasteiger partial charge is 0.416 e. The van der Waals surface area contributed by atoms with E-state index in [-0.39, 0.29) is 17.6 Å². The molecule has 0 bridgehead atoms. The number of hydrogen-bond acceptors (Lipinski definition) is 2. The van der Waals surface area contributed by atoms with E-state index in [0.29, 0.717) is 6.54 Å². The Morgan fingerprint density at radius 3 is 2.12 bits per heavy atom. The summed E-state index contributed by atoms with van der Waals surface area (Å²) in [5.41, 5.74) is 0.552. The van der Waals surface area contributed by atoms with Crippen molar-refractivity contribution in [1.29, 1.82) is 0 Å². The van der Waals surface area contributed by atoms with E-state index < -0.39 is 11.7 Å². The molecule has 3 nitrogen and oxygen atoms in total. The zero-order valence-electron chi connectivity index (χ0n) is 14.8. The lowest BCUT2D eigenvalue weighted by molar-refractivity contribution is -0.0889. The average molecular weight is 342 g/mol. The molecule has 134 valence electrons. The van der Waals surface area contributed by atoms with Crippen LogP contribution in [0.15, 0.2) is 47.0 Å². The molecule has 0 N–H and O–H groups in total. The number of halogens is 3. The van der Waals surface area contributed by atoms with Crippen LogP contribution in [0.1, 0.15) is 39.3 Å². The summed E-state index contributed by atoms with van der Waals surface area (Å²) in [5, 5.41) is 0. The Morgan fingerprint density at radius 2 is 1.75 bits per heavy atom. The van der Waals surface area contributed by atoms with Crippen LogP contribution in [0.4, 0.5) is 13.2 Å². The Hall–Kier alpha value is -1.98. The molecule has 1 aliphatic heterocycles. The molecule has 0 fully saturated rings. The molecule has 0 radical (unpaired) electrons. The number of nitrogens with zero attached hydrogens (tertiary/aromatic N) is 2. The Morgan fingerprint density at radius 1 is 1.12 bits per heavy atom. The number of pyridine rings is 1. The molecular formula is C18H25F3N2O. The summed E-state index contributed by atoms with van der Waals surface area (Å²) < 4.78 is 38.1. The van der Waals surface area contributed by atoms with Gasteiger partial charge in [0.1, 0.15) is 0 Å². The minimum atomic E-state index is -4.21. The summed E-state index contributed by atoms with van der Waals surface area (Å²) in [6, 6.07) is 4.09.